The first-order chi connectivity index (χ1) is 14.6. The van der Waals surface area contributed by atoms with Crippen LogP contribution in [-0.4, -0.2) is 22.9 Å². The van der Waals surface area contributed by atoms with Crippen molar-refractivity contribution in [2.45, 2.75) is 59.8 Å². The summed E-state index contributed by atoms with van der Waals surface area (Å²) in [5.74, 6) is -1.15. The number of carbonyl (C=O) groups excluding carboxylic acids is 2. The normalized spacial score (nSPS) is 15.8. The van der Waals surface area contributed by atoms with Crippen LogP contribution in [0.5, 0.6) is 0 Å². The fourth-order valence-corrected chi connectivity index (χ4v) is 5.30. The summed E-state index contributed by atoms with van der Waals surface area (Å²) in [6.07, 6.45) is 2.29. The molecule has 0 radical (unpaired) electrons. The average Bonchev–Trinajstić information content (AvgIpc) is 3.04. The summed E-state index contributed by atoms with van der Waals surface area (Å²) in [5.41, 5.74) is 3.37. The van der Waals surface area contributed by atoms with Gasteiger partial charge in [-0.3, -0.25) is 14.4 Å². The fraction of sp³-hybridized carbons (Fsp3) is 0.458. The summed E-state index contributed by atoms with van der Waals surface area (Å²) in [6, 6.07) is 7.57. The van der Waals surface area contributed by atoms with Gasteiger partial charge in [-0.05, 0) is 54.7 Å². The molecular weight excluding hydrogens is 412 g/mol. The number of rotatable bonds is 6. The number of thiophene rings is 1. The number of carboxylic acids is 1. The van der Waals surface area contributed by atoms with E-state index in [1.54, 1.807) is 0 Å². The number of benzene rings is 1. The topological polar surface area (TPSA) is 95.5 Å². The molecule has 0 spiro atoms. The maximum absolute atomic E-state index is 13.3. The van der Waals surface area contributed by atoms with E-state index >= 15 is 0 Å². The van der Waals surface area contributed by atoms with E-state index in [9.17, 15) is 14.4 Å². The van der Waals surface area contributed by atoms with Gasteiger partial charge in [0.25, 0.3) is 5.91 Å². The molecule has 2 amide bonds. The first kappa shape index (κ1) is 23.0. The minimum atomic E-state index is -1.02. The zero-order valence-corrected chi connectivity index (χ0v) is 19.3. The molecule has 2 aromatic rings. The molecule has 1 aromatic carbocycles. The second-order valence-electron chi connectivity index (χ2n) is 9.22. The Morgan fingerprint density at radius 3 is 2.48 bits per heavy atom. The van der Waals surface area contributed by atoms with Gasteiger partial charge in [0.15, 0.2) is 0 Å². The minimum absolute atomic E-state index is 0.124. The molecule has 0 fully saturated rings. The standard InChI is InChI=1S/C24H30N2O4S/c1-14-7-5-6-8-17(14)25-22(30)21-16-10-9-15(24(2,3)4)13-18(16)31-23(21)26-19(27)11-12-20(28)29/h5-8,15H,9-13H2,1-4H3,(H,25,30)(H,26,27)(H,28,29). The lowest BCUT2D eigenvalue weighted by Gasteiger charge is -2.33. The first-order valence-electron chi connectivity index (χ1n) is 10.6. The van der Waals surface area contributed by atoms with Crippen molar-refractivity contribution < 1.29 is 19.5 Å². The van der Waals surface area contributed by atoms with Gasteiger partial charge in [0.05, 0.1) is 12.0 Å². The highest BCUT2D eigenvalue weighted by Crippen LogP contribution is 2.44. The number of anilines is 2. The van der Waals surface area contributed by atoms with Crippen molar-refractivity contribution in [2.75, 3.05) is 10.6 Å². The highest BCUT2D eigenvalue weighted by atomic mass is 32.1. The van der Waals surface area contributed by atoms with Crippen LogP contribution in [0.1, 0.15) is 66.4 Å². The first-order valence-corrected chi connectivity index (χ1v) is 11.4. The molecule has 0 saturated carbocycles. The van der Waals surface area contributed by atoms with Gasteiger partial charge in [0.1, 0.15) is 5.00 Å². The number of fused-ring (bicyclic) bond motifs is 1. The molecule has 0 bridgehead atoms. The molecule has 31 heavy (non-hydrogen) atoms. The third-order valence-electron chi connectivity index (χ3n) is 5.93. The predicted octanol–water partition coefficient (Wildman–Crippen LogP) is 5.26. The van der Waals surface area contributed by atoms with Crippen molar-refractivity contribution in [3.63, 3.8) is 0 Å². The Balaban J connectivity index is 1.92. The zero-order valence-electron chi connectivity index (χ0n) is 18.5. The summed E-state index contributed by atoms with van der Waals surface area (Å²) in [7, 11) is 0. The Bertz CT molecular complexity index is 1000. The molecule has 7 heteroatoms. The monoisotopic (exact) mass is 442 g/mol. The number of hydrogen-bond acceptors (Lipinski definition) is 4. The third-order valence-corrected chi connectivity index (χ3v) is 7.10. The van der Waals surface area contributed by atoms with E-state index in [-0.39, 0.29) is 24.2 Å². The maximum atomic E-state index is 13.3. The summed E-state index contributed by atoms with van der Waals surface area (Å²) in [4.78, 5) is 37.6. The van der Waals surface area contributed by atoms with Crippen LogP contribution in [0.15, 0.2) is 24.3 Å². The summed E-state index contributed by atoms with van der Waals surface area (Å²) < 4.78 is 0. The molecular formula is C24H30N2O4S. The highest BCUT2D eigenvalue weighted by molar-refractivity contribution is 7.17. The van der Waals surface area contributed by atoms with Crippen LogP contribution in [0.3, 0.4) is 0 Å². The zero-order chi connectivity index (χ0) is 22.8. The van der Waals surface area contributed by atoms with Crippen molar-refractivity contribution >= 4 is 39.8 Å². The number of amides is 2. The van der Waals surface area contributed by atoms with E-state index in [1.807, 2.05) is 31.2 Å². The maximum Gasteiger partial charge on any atom is 0.303 e. The van der Waals surface area contributed by atoms with Crippen LogP contribution in [0.25, 0.3) is 0 Å². The molecule has 0 aliphatic heterocycles. The number of para-hydroxylation sites is 1. The van der Waals surface area contributed by atoms with Crippen LogP contribution in [0, 0.1) is 18.3 Å². The van der Waals surface area contributed by atoms with Gasteiger partial charge in [-0.2, -0.15) is 0 Å². The van der Waals surface area contributed by atoms with E-state index in [1.165, 1.54) is 11.3 Å². The molecule has 1 atom stereocenters. The van der Waals surface area contributed by atoms with E-state index < -0.39 is 11.9 Å². The van der Waals surface area contributed by atoms with Crippen molar-refractivity contribution in [3.8, 4) is 0 Å². The van der Waals surface area contributed by atoms with Crippen molar-refractivity contribution in [1.82, 2.24) is 0 Å². The van der Waals surface area contributed by atoms with Crippen LogP contribution in [-0.2, 0) is 22.4 Å². The number of carbonyl (C=O) groups is 3. The SMILES string of the molecule is Cc1ccccc1NC(=O)c1c(NC(=O)CCC(=O)O)sc2c1CCC(C(C)(C)C)C2. The predicted molar refractivity (Wildman–Crippen MR) is 124 cm³/mol. The summed E-state index contributed by atoms with van der Waals surface area (Å²) in [5, 5.41) is 15.2. The minimum Gasteiger partial charge on any atom is -0.481 e. The highest BCUT2D eigenvalue weighted by Gasteiger charge is 2.34. The molecule has 3 rings (SSSR count). The van der Waals surface area contributed by atoms with Crippen molar-refractivity contribution in [3.05, 3.63) is 45.8 Å². The van der Waals surface area contributed by atoms with Crippen LogP contribution >= 0.6 is 11.3 Å². The van der Waals surface area contributed by atoms with Crippen LogP contribution in [0.2, 0.25) is 0 Å². The molecule has 0 saturated heterocycles. The Hall–Kier alpha value is -2.67. The Morgan fingerprint density at radius 2 is 1.84 bits per heavy atom. The van der Waals surface area contributed by atoms with Gasteiger partial charge in [-0.1, -0.05) is 39.0 Å². The molecule has 3 N–H and O–H groups in total. The van der Waals surface area contributed by atoms with Crippen molar-refractivity contribution in [2.24, 2.45) is 11.3 Å². The Morgan fingerprint density at radius 1 is 1.13 bits per heavy atom. The van der Waals surface area contributed by atoms with E-state index in [4.69, 9.17) is 5.11 Å². The van der Waals surface area contributed by atoms with E-state index in [2.05, 4.69) is 31.4 Å². The van der Waals surface area contributed by atoms with Gasteiger partial charge < -0.3 is 15.7 Å². The molecule has 1 aliphatic rings. The third kappa shape index (κ3) is 5.53. The number of aryl methyl sites for hydroxylation is 1. The lowest BCUT2D eigenvalue weighted by Crippen LogP contribution is -2.27. The molecule has 1 aliphatic carbocycles. The van der Waals surface area contributed by atoms with Crippen LogP contribution in [0.4, 0.5) is 10.7 Å². The second kappa shape index (κ2) is 9.22. The molecule has 1 unspecified atom stereocenters. The molecule has 6 nitrogen and oxygen atoms in total. The smallest absolute Gasteiger partial charge is 0.303 e. The fourth-order valence-electron chi connectivity index (χ4n) is 3.96. The van der Waals surface area contributed by atoms with Gasteiger partial charge in [0.2, 0.25) is 5.91 Å². The van der Waals surface area contributed by atoms with E-state index in [0.717, 1.165) is 41.0 Å². The van der Waals surface area contributed by atoms with E-state index in [0.29, 0.717) is 16.5 Å². The van der Waals surface area contributed by atoms with Gasteiger partial charge in [-0.15, -0.1) is 11.3 Å². The lowest BCUT2D eigenvalue weighted by molar-refractivity contribution is -0.138. The number of nitrogens with one attached hydrogen (secondary N) is 2. The lowest BCUT2D eigenvalue weighted by atomic mass is 9.72. The van der Waals surface area contributed by atoms with Crippen LogP contribution < -0.4 is 10.6 Å². The molecule has 166 valence electrons. The Kier molecular flexibility index (Phi) is 6.84. The summed E-state index contributed by atoms with van der Waals surface area (Å²) in [6.45, 7) is 8.63. The van der Waals surface area contributed by atoms with Gasteiger partial charge in [-0.25, -0.2) is 0 Å². The number of aliphatic carboxylic acids is 1. The average molecular weight is 443 g/mol. The summed E-state index contributed by atoms with van der Waals surface area (Å²) >= 11 is 1.45. The quantitative estimate of drug-likeness (QED) is 0.568. The van der Waals surface area contributed by atoms with Gasteiger partial charge >= 0.3 is 5.97 Å². The largest absolute Gasteiger partial charge is 0.481 e. The number of carboxylic acid groups (broad SMARTS) is 1. The van der Waals surface area contributed by atoms with Gasteiger partial charge in [0, 0.05) is 17.0 Å². The number of hydrogen-bond donors (Lipinski definition) is 3. The second-order valence-corrected chi connectivity index (χ2v) is 10.3. The Labute approximate surface area is 187 Å². The molecule has 1 aromatic heterocycles. The molecule has 1 heterocycles. The van der Waals surface area contributed by atoms with Crippen molar-refractivity contribution in [1.29, 1.82) is 0 Å².